The first-order valence-electron chi connectivity index (χ1n) is 5.43. The minimum absolute atomic E-state index is 0.368. The Morgan fingerprint density at radius 2 is 1.76 bits per heavy atom. The predicted molar refractivity (Wildman–Crippen MR) is 66.3 cm³/mol. The SMILES string of the molecule is Cc1cccc(C)c1Cn1ccc(=O)[nH]c1=O. The summed E-state index contributed by atoms with van der Waals surface area (Å²) in [5.41, 5.74) is 2.65. The Morgan fingerprint density at radius 1 is 1.12 bits per heavy atom. The van der Waals surface area contributed by atoms with Crippen molar-refractivity contribution in [2.75, 3.05) is 0 Å². The fourth-order valence-electron chi connectivity index (χ4n) is 1.84. The maximum absolute atomic E-state index is 11.6. The van der Waals surface area contributed by atoms with Crippen LogP contribution in [0.2, 0.25) is 0 Å². The van der Waals surface area contributed by atoms with Crippen molar-refractivity contribution in [3.8, 4) is 0 Å². The molecule has 0 radical (unpaired) electrons. The second-order valence-corrected chi connectivity index (χ2v) is 4.11. The van der Waals surface area contributed by atoms with Gasteiger partial charge in [0.15, 0.2) is 0 Å². The van der Waals surface area contributed by atoms with Crippen LogP contribution in [0.3, 0.4) is 0 Å². The van der Waals surface area contributed by atoms with Crippen molar-refractivity contribution in [2.24, 2.45) is 0 Å². The molecule has 0 bridgehead atoms. The normalized spacial score (nSPS) is 10.5. The molecule has 1 aromatic carbocycles. The molecular formula is C13H14N2O2. The van der Waals surface area contributed by atoms with Crippen LogP contribution in [0.5, 0.6) is 0 Å². The highest BCUT2D eigenvalue weighted by molar-refractivity contribution is 5.33. The van der Waals surface area contributed by atoms with E-state index in [0.717, 1.165) is 16.7 Å². The second kappa shape index (κ2) is 4.41. The maximum atomic E-state index is 11.6. The number of benzene rings is 1. The Labute approximate surface area is 98.6 Å². The number of H-pyrrole nitrogens is 1. The topological polar surface area (TPSA) is 54.9 Å². The van der Waals surface area contributed by atoms with Gasteiger partial charge in [0.1, 0.15) is 0 Å². The molecule has 2 aromatic rings. The number of hydrogen-bond acceptors (Lipinski definition) is 2. The van der Waals surface area contributed by atoms with Crippen LogP contribution >= 0.6 is 0 Å². The molecule has 0 aliphatic heterocycles. The Hall–Kier alpha value is -2.10. The summed E-state index contributed by atoms with van der Waals surface area (Å²) in [5, 5.41) is 0. The van der Waals surface area contributed by atoms with Crippen LogP contribution in [0.25, 0.3) is 0 Å². The Kier molecular flexibility index (Phi) is 2.95. The molecule has 1 N–H and O–H groups in total. The van der Waals surface area contributed by atoms with Crippen molar-refractivity contribution in [1.29, 1.82) is 0 Å². The van der Waals surface area contributed by atoms with Gasteiger partial charge in [-0.2, -0.15) is 0 Å². The van der Waals surface area contributed by atoms with Gasteiger partial charge in [0, 0.05) is 12.3 Å². The number of nitrogens with zero attached hydrogens (tertiary/aromatic N) is 1. The largest absolute Gasteiger partial charge is 0.328 e. The first kappa shape index (κ1) is 11.4. The minimum atomic E-state index is -0.375. The van der Waals surface area contributed by atoms with Crippen LogP contribution in [0.4, 0.5) is 0 Å². The summed E-state index contributed by atoms with van der Waals surface area (Å²) in [7, 11) is 0. The zero-order chi connectivity index (χ0) is 12.4. The first-order valence-corrected chi connectivity index (χ1v) is 5.43. The zero-order valence-corrected chi connectivity index (χ0v) is 9.86. The summed E-state index contributed by atoms with van der Waals surface area (Å²) < 4.78 is 1.50. The van der Waals surface area contributed by atoms with E-state index in [2.05, 4.69) is 4.98 Å². The predicted octanol–water partition coefficient (Wildman–Crippen LogP) is 1.20. The van der Waals surface area contributed by atoms with Crippen molar-refractivity contribution in [1.82, 2.24) is 9.55 Å². The lowest BCUT2D eigenvalue weighted by molar-refractivity contribution is 0.714. The highest BCUT2D eigenvalue weighted by Crippen LogP contribution is 2.13. The van der Waals surface area contributed by atoms with E-state index in [1.165, 1.54) is 16.8 Å². The quantitative estimate of drug-likeness (QED) is 0.842. The molecular weight excluding hydrogens is 216 g/mol. The van der Waals surface area contributed by atoms with Crippen molar-refractivity contribution < 1.29 is 0 Å². The van der Waals surface area contributed by atoms with Gasteiger partial charge in [-0.05, 0) is 30.5 Å². The van der Waals surface area contributed by atoms with Gasteiger partial charge in [-0.15, -0.1) is 0 Å². The minimum Gasteiger partial charge on any atom is -0.296 e. The Morgan fingerprint density at radius 3 is 2.35 bits per heavy atom. The van der Waals surface area contributed by atoms with E-state index in [9.17, 15) is 9.59 Å². The van der Waals surface area contributed by atoms with Crippen LogP contribution in [-0.2, 0) is 6.54 Å². The van der Waals surface area contributed by atoms with E-state index in [-0.39, 0.29) is 11.2 Å². The highest BCUT2D eigenvalue weighted by atomic mass is 16.2. The van der Waals surface area contributed by atoms with E-state index < -0.39 is 0 Å². The van der Waals surface area contributed by atoms with E-state index in [4.69, 9.17) is 0 Å². The summed E-state index contributed by atoms with van der Waals surface area (Å²) in [6.07, 6.45) is 1.52. The second-order valence-electron chi connectivity index (χ2n) is 4.11. The van der Waals surface area contributed by atoms with Crippen LogP contribution < -0.4 is 11.2 Å². The van der Waals surface area contributed by atoms with Gasteiger partial charge in [0.25, 0.3) is 5.56 Å². The molecule has 17 heavy (non-hydrogen) atoms. The highest BCUT2D eigenvalue weighted by Gasteiger charge is 2.04. The standard InChI is InChI=1S/C13H14N2O2/c1-9-4-3-5-10(2)11(9)8-15-7-6-12(16)14-13(15)17/h3-7H,8H2,1-2H3,(H,14,16,17). The average Bonchev–Trinajstić information content (AvgIpc) is 2.26. The van der Waals surface area contributed by atoms with Crippen LogP contribution in [0.15, 0.2) is 40.1 Å². The first-order chi connectivity index (χ1) is 8.08. The molecule has 0 saturated carbocycles. The number of hydrogen-bond donors (Lipinski definition) is 1. The molecule has 0 aliphatic rings. The van der Waals surface area contributed by atoms with Gasteiger partial charge in [0.2, 0.25) is 0 Å². The fourth-order valence-corrected chi connectivity index (χ4v) is 1.84. The summed E-state index contributed by atoms with van der Waals surface area (Å²) in [6, 6.07) is 7.37. The molecule has 4 heteroatoms. The number of aryl methyl sites for hydroxylation is 2. The van der Waals surface area contributed by atoms with Gasteiger partial charge < -0.3 is 0 Å². The van der Waals surface area contributed by atoms with Gasteiger partial charge >= 0.3 is 5.69 Å². The molecule has 0 aliphatic carbocycles. The van der Waals surface area contributed by atoms with Crippen molar-refractivity contribution in [2.45, 2.75) is 20.4 Å². The molecule has 0 amide bonds. The molecule has 0 unspecified atom stereocenters. The fraction of sp³-hybridized carbons (Fsp3) is 0.231. The molecule has 0 atom stereocenters. The monoisotopic (exact) mass is 230 g/mol. The number of rotatable bonds is 2. The van der Waals surface area contributed by atoms with Gasteiger partial charge in [-0.25, -0.2) is 4.79 Å². The molecule has 88 valence electrons. The van der Waals surface area contributed by atoms with E-state index in [1.54, 1.807) is 0 Å². The average molecular weight is 230 g/mol. The third kappa shape index (κ3) is 2.36. The third-order valence-electron chi connectivity index (χ3n) is 2.87. The molecule has 1 heterocycles. The summed E-state index contributed by atoms with van der Waals surface area (Å²) in [4.78, 5) is 24.8. The van der Waals surface area contributed by atoms with Crippen LogP contribution in [0.1, 0.15) is 16.7 Å². The van der Waals surface area contributed by atoms with E-state index >= 15 is 0 Å². The lowest BCUT2D eigenvalue weighted by atomic mass is 10.0. The van der Waals surface area contributed by atoms with Crippen LogP contribution in [-0.4, -0.2) is 9.55 Å². The van der Waals surface area contributed by atoms with Crippen molar-refractivity contribution >= 4 is 0 Å². The number of nitrogens with one attached hydrogen (secondary N) is 1. The Balaban J connectivity index is 2.45. The van der Waals surface area contributed by atoms with E-state index in [1.807, 2.05) is 32.0 Å². The molecule has 0 fully saturated rings. The summed E-state index contributed by atoms with van der Waals surface area (Å²) >= 11 is 0. The number of aromatic amines is 1. The van der Waals surface area contributed by atoms with Gasteiger partial charge in [-0.1, -0.05) is 18.2 Å². The molecule has 2 rings (SSSR count). The smallest absolute Gasteiger partial charge is 0.296 e. The third-order valence-corrected chi connectivity index (χ3v) is 2.87. The van der Waals surface area contributed by atoms with Gasteiger partial charge in [0.05, 0.1) is 6.54 Å². The Bertz CT molecular complexity index is 633. The summed E-state index contributed by atoms with van der Waals surface area (Å²) in [6.45, 7) is 4.51. The number of aromatic nitrogens is 2. The molecule has 1 aromatic heterocycles. The van der Waals surface area contributed by atoms with Crippen molar-refractivity contribution in [3.05, 3.63) is 68.0 Å². The lowest BCUT2D eigenvalue weighted by Gasteiger charge is -2.10. The summed E-state index contributed by atoms with van der Waals surface area (Å²) in [5.74, 6) is 0. The van der Waals surface area contributed by atoms with Gasteiger partial charge in [-0.3, -0.25) is 14.3 Å². The zero-order valence-electron chi connectivity index (χ0n) is 9.86. The molecule has 0 spiro atoms. The van der Waals surface area contributed by atoms with Crippen molar-refractivity contribution in [3.63, 3.8) is 0 Å². The maximum Gasteiger partial charge on any atom is 0.328 e. The lowest BCUT2D eigenvalue weighted by Crippen LogP contribution is -2.29. The molecule has 0 saturated heterocycles. The van der Waals surface area contributed by atoms with E-state index in [0.29, 0.717) is 6.54 Å². The van der Waals surface area contributed by atoms with Crippen LogP contribution in [0, 0.1) is 13.8 Å². The molecule has 4 nitrogen and oxygen atoms in total.